The van der Waals surface area contributed by atoms with Crippen molar-refractivity contribution < 1.29 is 4.74 Å². The van der Waals surface area contributed by atoms with Gasteiger partial charge < -0.3 is 4.74 Å². The van der Waals surface area contributed by atoms with E-state index in [1.54, 1.807) is 0 Å². The van der Waals surface area contributed by atoms with E-state index in [-0.39, 0.29) is 0 Å². The number of nitrogens with zero attached hydrogens (tertiary/aromatic N) is 2. The van der Waals surface area contributed by atoms with Crippen LogP contribution in [0.3, 0.4) is 0 Å². The third-order valence-corrected chi connectivity index (χ3v) is 7.34. The van der Waals surface area contributed by atoms with Crippen LogP contribution in [-0.2, 0) is 6.42 Å². The van der Waals surface area contributed by atoms with Gasteiger partial charge in [-0.1, -0.05) is 84.5 Å². The quantitative estimate of drug-likeness (QED) is 0.254. The molecular weight excluding hydrogens is 404 g/mol. The van der Waals surface area contributed by atoms with Gasteiger partial charge in [-0.3, -0.25) is 0 Å². The van der Waals surface area contributed by atoms with E-state index >= 15 is 0 Å². The first-order valence-electron chi connectivity index (χ1n) is 13.8. The SMILES string of the molecule is CCCCCC[C@H]1CC[C@H](CCCOc2ccc(-c3ncc(CCCCC)cn3)cc2)CC1. The van der Waals surface area contributed by atoms with Crippen LogP contribution in [0.4, 0.5) is 0 Å². The van der Waals surface area contributed by atoms with Gasteiger partial charge in [0.05, 0.1) is 6.61 Å². The molecule has 33 heavy (non-hydrogen) atoms. The Labute approximate surface area is 202 Å². The average Bonchev–Trinajstić information content (AvgIpc) is 2.86. The number of benzene rings is 1. The summed E-state index contributed by atoms with van der Waals surface area (Å²) in [4.78, 5) is 9.12. The zero-order valence-corrected chi connectivity index (χ0v) is 21.2. The number of hydrogen-bond acceptors (Lipinski definition) is 3. The van der Waals surface area contributed by atoms with Crippen molar-refractivity contribution >= 4 is 0 Å². The maximum absolute atomic E-state index is 6.02. The first kappa shape index (κ1) is 25.7. The van der Waals surface area contributed by atoms with Gasteiger partial charge in [0.2, 0.25) is 0 Å². The number of unbranched alkanes of at least 4 members (excludes halogenated alkanes) is 5. The molecule has 0 aliphatic heterocycles. The van der Waals surface area contributed by atoms with Gasteiger partial charge in [-0.15, -0.1) is 0 Å². The van der Waals surface area contributed by atoms with E-state index in [2.05, 4.69) is 48.1 Å². The predicted octanol–water partition coefficient (Wildman–Crippen LogP) is 8.81. The molecule has 0 unspecified atom stereocenters. The molecule has 1 aromatic heterocycles. The molecule has 0 bridgehead atoms. The lowest BCUT2D eigenvalue weighted by atomic mass is 9.78. The van der Waals surface area contributed by atoms with E-state index in [9.17, 15) is 0 Å². The van der Waals surface area contributed by atoms with E-state index in [1.807, 2.05) is 12.4 Å². The normalized spacial score (nSPS) is 18.4. The molecule has 3 nitrogen and oxygen atoms in total. The third kappa shape index (κ3) is 9.47. The Hall–Kier alpha value is -1.90. The third-order valence-electron chi connectivity index (χ3n) is 7.34. The molecule has 182 valence electrons. The first-order chi connectivity index (χ1) is 16.3. The zero-order chi connectivity index (χ0) is 23.1. The van der Waals surface area contributed by atoms with E-state index in [4.69, 9.17) is 4.74 Å². The van der Waals surface area contributed by atoms with Crippen LogP contribution in [0.15, 0.2) is 36.7 Å². The van der Waals surface area contributed by atoms with Gasteiger partial charge in [0.1, 0.15) is 5.75 Å². The van der Waals surface area contributed by atoms with Gasteiger partial charge in [-0.25, -0.2) is 9.97 Å². The molecule has 0 saturated heterocycles. The summed E-state index contributed by atoms with van der Waals surface area (Å²) in [5.74, 6) is 3.67. The number of aryl methyl sites for hydroxylation is 1. The summed E-state index contributed by atoms with van der Waals surface area (Å²) in [5.41, 5.74) is 2.28. The lowest BCUT2D eigenvalue weighted by Crippen LogP contribution is -2.15. The van der Waals surface area contributed by atoms with Gasteiger partial charge in [0.25, 0.3) is 0 Å². The summed E-state index contributed by atoms with van der Waals surface area (Å²) in [6.07, 6.45) is 24.1. The van der Waals surface area contributed by atoms with Crippen molar-refractivity contribution in [3.8, 4) is 17.1 Å². The van der Waals surface area contributed by atoms with Crippen molar-refractivity contribution in [1.82, 2.24) is 9.97 Å². The van der Waals surface area contributed by atoms with Crippen LogP contribution in [0.5, 0.6) is 5.75 Å². The molecule has 3 heteroatoms. The van der Waals surface area contributed by atoms with Crippen LogP contribution in [0.2, 0.25) is 0 Å². The Kier molecular flexibility index (Phi) is 11.8. The van der Waals surface area contributed by atoms with E-state index in [0.29, 0.717) is 0 Å². The Bertz CT molecular complexity index is 748. The second-order valence-electron chi connectivity index (χ2n) is 10.1. The Morgan fingerprint density at radius 3 is 1.97 bits per heavy atom. The molecule has 2 aromatic rings. The monoisotopic (exact) mass is 450 g/mol. The maximum atomic E-state index is 6.02. The van der Waals surface area contributed by atoms with Crippen LogP contribution < -0.4 is 4.74 Å². The second-order valence-corrected chi connectivity index (χ2v) is 10.1. The maximum Gasteiger partial charge on any atom is 0.159 e. The average molecular weight is 451 g/mol. The molecule has 1 aromatic carbocycles. The molecular formula is C30H46N2O. The highest BCUT2D eigenvalue weighted by Gasteiger charge is 2.20. The van der Waals surface area contributed by atoms with E-state index in [0.717, 1.165) is 48.4 Å². The van der Waals surface area contributed by atoms with Gasteiger partial charge in [0, 0.05) is 18.0 Å². The summed E-state index contributed by atoms with van der Waals surface area (Å²) in [6.45, 7) is 5.35. The fourth-order valence-corrected chi connectivity index (χ4v) is 5.14. The molecule has 1 aliphatic rings. The van der Waals surface area contributed by atoms with Crippen LogP contribution in [0, 0.1) is 11.8 Å². The van der Waals surface area contributed by atoms with Crippen LogP contribution >= 0.6 is 0 Å². The molecule has 0 radical (unpaired) electrons. The molecule has 1 heterocycles. The van der Waals surface area contributed by atoms with Crippen molar-refractivity contribution in [2.45, 2.75) is 110 Å². The van der Waals surface area contributed by atoms with Crippen molar-refractivity contribution in [2.75, 3.05) is 6.61 Å². The minimum Gasteiger partial charge on any atom is -0.494 e. The fraction of sp³-hybridized carbons (Fsp3) is 0.667. The smallest absolute Gasteiger partial charge is 0.159 e. The summed E-state index contributed by atoms with van der Waals surface area (Å²) >= 11 is 0. The van der Waals surface area contributed by atoms with Crippen molar-refractivity contribution in [1.29, 1.82) is 0 Å². The second kappa shape index (κ2) is 15.1. The first-order valence-corrected chi connectivity index (χ1v) is 13.8. The fourth-order valence-electron chi connectivity index (χ4n) is 5.14. The van der Waals surface area contributed by atoms with Gasteiger partial charge in [-0.2, -0.15) is 0 Å². The molecule has 3 rings (SSSR count). The van der Waals surface area contributed by atoms with Crippen LogP contribution in [-0.4, -0.2) is 16.6 Å². The van der Waals surface area contributed by atoms with Crippen LogP contribution in [0.1, 0.15) is 109 Å². The number of rotatable bonds is 15. The molecule has 0 N–H and O–H groups in total. The Balaban J connectivity index is 1.30. The van der Waals surface area contributed by atoms with E-state index < -0.39 is 0 Å². The Morgan fingerprint density at radius 1 is 0.727 bits per heavy atom. The molecule has 1 fully saturated rings. The Morgan fingerprint density at radius 2 is 1.33 bits per heavy atom. The molecule has 0 spiro atoms. The highest BCUT2D eigenvalue weighted by Crippen LogP contribution is 2.34. The minimum atomic E-state index is 0.793. The number of hydrogen-bond donors (Lipinski definition) is 0. The largest absolute Gasteiger partial charge is 0.494 e. The van der Waals surface area contributed by atoms with Crippen molar-refractivity contribution in [3.05, 3.63) is 42.2 Å². The number of aromatic nitrogens is 2. The highest BCUT2D eigenvalue weighted by molar-refractivity contribution is 5.55. The molecule has 1 aliphatic carbocycles. The lowest BCUT2D eigenvalue weighted by Gasteiger charge is -2.28. The molecule has 0 atom stereocenters. The lowest BCUT2D eigenvalue weighted by molar-refractivity contribution is 0.228. The minimum absolute atomic E-state index is 0.793. The van der Waals surface area contributed by atoms with Crippen LogP contribution in [0.25, 0.3) is 11.4 Å². The summed E-state index contributed by atoms with van der Waals surface area (Å²) in [7, 11) is 0. The van der Waals surface area contributed by atoms with Gasteiger partial charge >= 0.3 is 0 Å². The zero-order valence-electron chi connectivity index (χ0n) is 21.2. The number of ether oxygens (including phenoxy) is 1. The van der Waals surface area contributed by atoms with E-state index in [1.165, 1.54) is 89.0 Å². The van der Waals surface area contributed by atoms with Crippen molar-refractivity contribution in [2.24, 2.45) is 11.8 Å². The highest BCUT2D eigenvalue weighted by atomic mass is 16.5. The summed E-state index contributed by atoms with van der Waals surface area (Å²) in [5, 5.41) is 0. The van der Waals surface area contributed by atoms with Gasteiger partial charge in [0.15, 0.2) is 5.82 Å². The van der Waals surface area contributed by atoms with Gasteiger partial charge in [-0.05, 0) is 67.3 Å². The predicted molar refractivity (Wildman–Crippen MR) is 140 cm³/mol. The van der Waals surface area contributed by atoms with Crippen molar-refractivity contribution in [3.63, 3.8) is 0 Å². The summed E-state index contributed by atoms with van der Waals surface area (Å²) in [6, 6.07) is 8.25. The molecule has 1 saturated carbocycles. The summed E-state index contributed by atoms with van der Waals surface area (Å²) < 4.78 is 6.02. The standard InChI is InChI=1S/C30H46N2O/c1-3-5-7-9-11-25-14-16-26(17-15-25)13-10-22-33-29-20-18-28(19-21-29)30-31-23-27(24-32-30)12-8-6-4-2/h18-21,23-26H,3-17,22H2,1-2H3/t25-,26-. The topological polar surface area (TPSA) is 35.0 Å². The molecule has 0 amide bonds.